The fraction of sp³-hybridized carbons (Fsp3) is 0.929. The van der Waals surface area contributed by atoms with Crippen molar-refractivity contribution in [2.24, 2.45) is 5.92 Å². The summed E-state index contributed by atoms with van der Waals surface area (Å²) in [5, 5.41) is 3.31. The molecule has 1 aliphatic heterocycles. The number of nitrogens with zero attached hydrogens (tertiary/aromatic N) is 1. The smallest absolute Gasteiger partial charge is 0.224 e. The molecule has 2 aliphatic rings. The van der Waals surface area contributed by atoms with Crippen molar-refractivity contribution in [1.29, 1.82) is 0 Å². The van der Waals surface area contributed by atoms with Crippen LogP contribution in [0.2, 0.25) is 0 Å². The van der Waals surface area contributed by atoms with E-state index in [1.54, 1.807) is 0 Å². The number of ether oxygens (including phenoxy) is 1. The predicted molar refractivity (Wildman–Crippen MR) is 71.4 cm³/mol. The molecule has 104 valence electrons. The lowest BCUT2D eigenvalue weighted by Crippen LogP contribution is -2.37. The maximum Gasteiger partial charge on any atom is 0.224 e. The maximum atomic E-state index is 12.0. The van der Waals surface area contributed by atoms with Crippen molar-refractivity contribution in [3.05, 3.63) is 0 Å². The highest BCUT2D eigenvalue weighted by Crippen LogP contribution is 2.34. The van der Waals surface area contributed by atoms with Crippen molar-refractivity contribution >= 4 is 5.91 Å². The van der Waals surface area contributed by atoms with Crippen LogP contribution in [0.4, 0.5) is 0 Å². The molecule has 0 aromatic rings. The van der Waals surface area contributed by atoms with Gasteiger partial charge in [0.25, 0.3) is 0 Å². The molecule has 1 saturated carbocycles. The highest BCUT2D eigenvalue weighted by atomic mass is 16.5. The fourth-order valence-electron chi connectivity index (χ4n) is 2.57. The van der Waals surface area contributed by atoms with E-state index in [2.05, 4.69) is 12.2 Å². The first-order valence-corrected chi connectivity index (χ1v) is 7.26. The van der Waals surface area contributed by atoms with E-state index in [1.807, 2.05) is 11.9 Å². The van der Waals surface area contributed by atoms with Crippen LogP contribution in [-0.4, -0.2) is 49.7 Å². The molecule has 0 radical (unpaired) electrons. The van der Waals surface area contributed by atoms with E-state index < -0.39 is 0 Å². The van der Waals surface area contributed by atoms with E-state index in [9.17, 15) is 4.79 Å². The number of amides is 1. The van der Waals surface area contributed by atoms with Crippen LogP contribution in [0.15, 0.2) is 0 Å². The largest absolute Gasteiger partial charge is 0.378 e. The predicted octanol–water partition coefficient (Wildman–Crippen LogP) is 1.40. The molecule has 0 spiro atoms. The van der Waals surface area contributed by atoms with Crippen LogP contribution in [0.3, 0.4) is 0 Å². The lowest BCUT2D eigenvalue weighted by molar-refractivity contribution is -0.133. The third-order valence-electron chi connectivity index (χ3n) is 4.26. The van der Waals surface area contributed by atoms with Crippen LogP contribution in [0, 0.1) is 5.92 Å². The Morgan fingerprint density at radius 3 is 2.61 bits per heavy atom. The minimum Gasteiger partial charge on any atom is -0.378 e. The summed E-state index contributed by atoms with van der Waals surface area (Å²) in [5.74, 6) is 0.965. The minimum atomic E-state index is 0.225. The Hall–Kier alpha value is -0.610. The van der Waals surface area contributed by atoms with E-state index in [0.29, 0.717) is 25.2 Å². The van der Waals surface area contributed by atoms with Gasteiger partial charge in [0.1, 0.15) is 0 Å². The maximum absolute atomic E-state index is 12.0. The van der Waals surface area contributed by atoms with Gasteiger partial charge in [-0.15, -0.1) is 0 Å². The first-order chi connectivity index (χ1) is 8.68. The quantitative estimate of drug-likeness (QED) is 0.779. The second-order valence-corrected chi connectivity index (χ2v) is 5.65. The number of rotatable bonds is 6. The molecule has 4 nitrogen and oxygen atoms in total. The number of carbonyl (C=O) groups is 1. The van der Waals surface area contributed by atoms with E-state index in [-0.39, 0.29) is 5.91 Å². The molecule has 1 atom stereocenters. The molecule has 0 aromatic carbocycles. The van der Waals surface area contributed by atoms with Crippen molar-refractivity contribution in [2.75, 3.05) is 26.7 Å². The van der Waals surface area contributed by atoms with Gasteiger partial charge in [0.05, 0.1) is 19.1 Å². The summed E-state index contributed by atoms with van der Waals surface area (Å²) in [6.07, 6.45) is 5.59. The zero-order chi connectivity index (χ0) is 13.0. The SMILES string of the molecule is CC(C1CC1)N(C)C(=O)CCOC1CCNCC1. The molecule has 1 saturated heterocycles. The average Bonchev–Trinajstić information content (AvgIpc) is 3.22. The second kappa shape index (κ2) is 6.53. The van der Waals surface area contributed by atoms with Crippen LogP contribution in [0.1, 0.15) is 39.0 Å². The van der Waals surface area contributed by atoms with Crippen molar-refractivity contribution < 1.29 is 9.53 Å². The van der Waals surface area contributed by atoms with Crippen molar-refractivity contribution in [3.8, 4) is 0 Å². The van der Waals surface area contributed by atoms with Crippen LogP contribution in [0.25, 0.3) is 0 Å². The molecular formula is C14H26N2O2. The van der Waals surface area contributed by atoms with Gasteiger partial charge < -0.3 is 15.0 Å². The van der Waals surface area contributed by atoms with Gasteiger partial charge in [0.2, 0.25) is 5.91 Å². The standard InChI is InChI=1S/C14H26N2O2/c1-11(12-3-4-12)16(2)14(17)7-10-18-13-5-8-15-9-6-13/h11-13,15H,3-10H2,1-2H3. The highest BCUT2D eigenvalue weighted by molar-refractivity contribution is 5.76. The van der Waals surface area contributed by atoms with Gasteiger partial charge in [-0.2, -0.15) is 0 Å². The molecule has 0 aromatic heterocycles. The van der Waals surface area contributed by atoms with E-state index in [0.717, 1.165) is 31.8 Å². The molecule has 2 fully saturated rings. The summed E-state index contributed by atoms with van der Waals surface area (Å²) >= 11 is 0. The van der Waals surface area contributed by atoms with Gasteiger partial charge in [-0.05, 0) is 51.6 Å². The Morgan fingerprint density at radius 1 is 1.33 bits per heavy atom. The van der Waals surface area contributed by atoms with Crippen LogP contribution < -0.4 is 5.32 Å². The Bertz CT molecular complexity index is 273. The lowest BCUT2D eigenvalue weighted by Gasteiger charge is -2.26. The summed E-state index contributed by atoms with van der Waals surface area (Å²) in [5.41, 5.74) is 0. The number of piperidine rings is 1. The van der Waals surface area contributed by atoms with E-state index in [4.69, 9.17) is 4.74 Å². The molecule has 1 heterocycles. The number of nitrogens with one attached hydrogen (secondary N) is 1. The van der Waals surface area contributed by atoms with E-state index in [1.165, 1.54) is 12.8 Å². The van der Waals surface area contributed by atoms with E-state index >= 15 is 0 Å². The van der Waals surface area contributed by atoms with Gasteiger partial charge in [0.15, 0.2) is 0 Å². The van der Waals surface area contributed by atoms with Crippen molar-refractivity contribution in [3.63, 3.8) is 0 Å². The number of hydrogen-bond acceptors (Lipinski definition) is 3. The molecule has 1 N–H and O–H groups in total. The summed E-state index contributed by atoms with van der Waals surface area (Å²) in [4.78, 5) is 13.9. The van der Waals surface area contributed by atoms with Gasteiger partial charge in [0, 0.05) is 13.1 Å². The van der Waals surface area contributed by atoms with Crippen LogP contribution in [-0.2, 0) is 9.53 Å². The Labute approximate surface area is 110 Å². The monoisotopic (exact) mass is 254 g/mol. The van der Waals surface area contributed by atoms with Crippen molar-refractivity contribution in [1.82, 2.24) is 10.2 Å². The van der Waals surface area contributed by atoms with Gasteiger partial charge in [-0.25, -0.2) is 0 Å². The zero-order valence-corrected chi connectivity index (χ0v) is 11.7. The molecular weight excluding hydrogens is 228 g/mol. The van der Waals surface area contributed by atoms with Gasteiger partial charge >= 0.3 is 0 Å². The summed E-state index contributed by atoms with van der Waals surface area (Å²) in [6.45, 7) is 4.81. The fourth-order valence-corrected chi connectivity index (χ4v) is 2.57. The topological polar surface area (TPSA) is 41.6 Å². The van der Waals surface area contributed by atoms with Gasteiger partial charge in [-0.1, -0.05) is 0 Å². The third-order valence-corrected chi connectivity index (χ3v) is 4.26. The first kappa shape index (κ1) is 13.8. The van der Waals surface area contributed by atoms with Crippen LogP contribution >= 0.6 is 0 Å². The average molecular weight is 254 g/mol. The highest BCUT2D eigenvalue weighted by Gasteiger charge is 2.32. The molecule has 4 heteroatoms. The summed E-state index contributed by atoms with van der Waals surface area (Å²) in [6, 6.07) is 0.399. The third kappa shape index (κ3) is 3.95. The molecule has 1 aliphatic carbocycles. The first-order valence-electron chi connectivity index (χ1n) is 7.26. The molecule has 18 heavy (non-hydrogen) atoms. The zero-order valence-electron chi connectivity index (χ0n) is 11.7. The molecule has 1 amide bonds. The summed E-state index contributed by atoms with van der Waals surface area (Å²) in [7, 11) is 1.93. The second-order valence-electron chi connectivity index (χ2n) is 5.65. The van der Waals surface area contributed by atoms with Crippen LogP contribution in [0.5, 0.6) is 0 Å². The molecule has 0 bridgehead atoms. The van der Waals surface area contributed by atoms with Crippen molar-refractivity contribution in [2.45, 2.75) is 51.2 Å². The summed E-state index contributed by atoms with van der Waals surface area (Å²) < 4.78 is 5.77. The Morgan fingerprint density at radius 2 is 2.00 bits per heavy atom. The normalized spacial score (nSPS) is 22.8. The number of hydrogen-bond donors (Lipinski definition) is 1. The Kier molecular flexibility index (Phi) is 5.01. The molecule has 2 rings (SSSR count). The van der Waals surface area contributed by atoms with Gasteiger partial charge in [-0.3, -0.25) is 4.79 Å². The lowest BCUT2D eigenvalue weighted by atomic mass is 10.1. The minimum absolute atomic E-state index is 0.225. The Balaban J connectivity index is 1.61. The molecule has 1 unspecified atom stereocenters. The number of carbonyl (C=O) groups excluding carboxylic acids is 1.